The van der Waals surface area contributed by atoms with Crippen LogP contribution in [0.15, 0.2) is 0 Å². The van der Waals surface area contributed by atoms with Crippen LogP contribution in [0, 0.1) is 11.3 Å². The first-order valence-electron chi connectivity index (χ1n) is 7.27. The topological polar surface area (TPSA) is 58.8 Å². The van der Waals surface area contributed by atoms with Crippen molar-refractivity contribution < 1.29 is 9.53 Å². The van der Waals surface area contributed by atoms with Crippen molar-refractivity contribution in [3.8, 4) is 0 Å². The van der Waals surface area contributed by atoms with Crippen molar-refractivity contribution in [2.24, 2.45) is 17.1 Å². The maximum Gasteiger partial charge on any atom is 0.235 e. The Balaban J connectivity index is 2.01. The molecule has 1 unspecified atom stereocenters. The van der Waals surface area contributed by atoms with Crippen molar-refractivity contribution in [1.29, 1.82) is 0 Å². The molecule has 0 saturated carbocycles. The lowest BCUT2D eigenvalue weighted by molar-refractivity contribution is -0.141. The van der Waals surface area contributed by atoms with E-state index < -0.39 is 5.41 Å². The average molecular weight is 299 g/mol. The third kappa shape index (κ3) is 3.13. The maximum atomic E-state index is 12.8. The standard InChI is InChI=1S/C14H25N3O2S/c1-16-6-3-11(9-16)10-17(2)13(18)14(12(15)20)4-7-19-8-5-14/h11H,3-10H2,1-2H3,(H2,15,20). The molecule has 5 nitrogen and oxygen atoms in total. The Morgan fingerprint density at radius 1 is 1.50 bits per heavy atom. The van der Waals surface area contributed by atoms with Gasteiger partial charge in [-0.3, -0.25) is 4.79 Å². The van der Waals surface area contributed by atoms with Gasteiger partial charge in [-0.2, -0.15) is 0 Å². The molecule has 2 rings (SSSR count). The van der Waals surface area contributed by atoms with Crippen LogP contribution in [0.5, 0.6) is 0 Å². The highest BCUT2D eigenvalue weighted by molar-refractivity contribution is 7.80. The highest BCUT2D eigenvalue weighted by atomic mass is 32.1. The molecule has 2 saturated heterocycles. The molecule has 2 N–H and O–H groups in total. The predicted octanol–water partition coefficient (Wildman–Crippen LogP) is 0.479. The molecule has 0 aromatic carbocycles. The van der Waals surface area contributed by atoms with Gasteiger partial charge in [-0.15, -0.1) is 0 Å². The third-order valence-electron chi connectivity index (χ3n) is 4.60. The molecule has 2 fully saturated rings. The minimum Gasteiger partial charge on any atom is -0.392 e. The van der Waals surface area contributed by atoms with Gasteiger partial charge in [0.25, 0.3) is 0 Å². The van der Waals surface area contributed by atoms with Crippen LogP contribution in [0.1, 0.15) is 19.3 Å². The van der Waals surface area contributed by atoms with Crippen LogP contribution in [0.25, 0.3) is 0 Å². The second kappa shape index (κ2) is 6.37. The minimum atomic E-state index is -0.688. The summed E-state index contributed by atoms with van der Waals surface area (Å²) in [7, 11) is 3.99. The van der Waals surface area contributed by atoms with E-state index in [9.17, 15) is 4.79 Å². The monoisotopic (exact) mass is 299 g/mol. The lowest BCUT2D eigenvalue weighted by atomic mass is 9.78. The van der Waals surface area contributed by atoms with Gasteiger partial charge >= 0.3 is 0 Å². The van der Waals surface area contributed by atoms with Crippen molar-refractivity contribution in [1.82, 2.24) is 9.80 Å². The number of hydrogen-bond donors (Lipinski definition) is 1. The Morgan fingerprint density at radius 3 is 2.65 bits per heavy atom. The quantitative estimate of drug-likeness (QED) is 0.765. The average Bonchev–Trinajstić information content (AvgIpc) is 2.83. The number of thiocarbonyl (C=S) groups is 1. The zero-order valence-corrected chi connectivity index (χ0v) is 13.2. The number of amides is 1. The maximum absolute atomic E-state index is 12.8. The largest absolute Gasteiger partial charge is 0.392 e. The summed E-state index contributed by atoms with van der Waals surface area (Å²) in [5.41, 5.74) is 5.20. The van der Waals surface area contributed by atoms with Crippen molar-refractivity contribution in [3.63, 3.8) is 0 Å². The molecular formula is C14H25N3O2S. The lowest BCUT2D eigenvalue weighted by Crippen LogP contribution is -2.53. The Morgan fingerprint density at radius 2 is 2.15 bits per heavy atom. The van der Waals surface area contributed by atoms with Crippen LogP contribution in [-0.2, 0) is 9.53 Å². The zero-order chi connectivity index (χ0) is 14.8. The zero-order valence-electron chi connectivity index (χ0n) is 12.4. The molecule has 1 atom stereocenters. The van der Waals surface area contributed by atoms with E-state index in [1.54, 1.807) is 0 Å². The fraction of sp³-hybridized carbons (Fsp3) is 0.857. The van der Waals surface area contributed by atoms with Gasteiger partial charge in [0.1, 0.15) is 5.41 Å². The Bertz CT molecular complexity index is 383. The summed E-state index contributed by atoms with van der Waals surface area (Å²) in [4.78, 5) is 17.3. The third-order valence-corrected chi connectivity index (χ3v) is 4.99. The van der Waals surface area contributed by atoms with Gasteiger partial charge in [-0.25, -0.2) is 0 Å². The first-order chi connectivity index (χ1) is 9.45. The van der Waals surface area contributed by atoms with Crippen LogP contribution in [0.4, 0.5) is 0 Å². The SMILES string of the molecule is CN1CCC(CN(C)C(=O)C2(C(N)=S)CCOCC2)C1. The van der Waals surface area contributed by atoms with Crippen molar-refractivity contribution >= 4 is 23.1 Å². The van der Waals surface area contributed by atoms with E-state index in [0.29, 0.717) is 37.0 Å². The summed E-state index contributed by atoms with van der Waals surface area (Å²) in [6.07, 6.45) is 2.36. The second-order valence-corrected chi connectivity index (χ2v) is 6.60. The number of nitrogens with two attached hydrogens (primary N) is 1. The summed E-state index contributed by atoms with van der Waals surface area (Å²) < 4.78 is 5.36. The highest BCUT2D eigenvalue weighted by Gasteiger charge is 2.44. The number of hydrogen-bond acceptors (Lipinski definition) is 4. The molecule has 0 aromatic heterocycles. The van der Waals surface area contributed by atoms with E-state index >= 15 is 0 Å². The summed E-state index contributed by atoms with van der Waals surface area (Å²) in [6, 6.07) is 0. The highest BCUT2D eigenvalue weighted by Crippen LogP contribution is 2.33. The van der Waals surface area contributed by atoms with Gasteiger partial charge in [0.15, 0.2) is 0 Å². The lowest BCUT2D eigenvalue weighted by Gasteiger charge is -2.38. The number of ether oxygens (including phenoxy) is 1. The number of carbonyl (C=O) groups is 1. The fourth-order valence-corrected chi connectivity index (χ4v) is 3.59. The van der Waals surface area contributed by atoms with E-state index in [0.717, 1.165) is 26.1 Å². The summed E-state index contributed by atoms with van der Waals surface area (Å²) in [5, 5.41) is 0. The van der Waals surface area contributed by atoms with Crippen LogP contribution in [0.3, 0.4) is 0 Å². The van der Waals surface area contributed by atoms with Gasteiger partial charge < -0.3 is 20.3 Å². The van der Waals surface area contributed by atoms with E-state index in [2.05, 4.69) is 11.9 Å². The van der Waals surface area contributed by atoms with Gasteiger partial charge in [0.2, 0.25) is 5.91 Å². The number of rotatable bonds is 4. The molecule has 0 aliphatic carbocycles. The van der Waals surface area contributed by atoms with E-state index in [-0.39, 0.29) is 5.91 Å². The van der Waals surface area contributed by atoms with E-state index in [1.807, 2.05) is 11.9 Å². The number of likely N-dealkylation sites (tertiary alicyclic amines) is 1. The number of nitrogens with zero attached hydrogens (tertiary/aromatic N) is 2. The summed E-state index contributed by atoms with van der Waals surface area (Å²) in [6.45, 7) is 4.07. The molecule has 0 spiro atoms. The molecule has 2 aliphatic heterocycles. The van der Waals surface area contributed by atoms with Crippen molar-refractivity contribution in [3.05, 3.63) is 0 Å². The molecule has 0 bridgehead atoms. The van der Waals surface area contributed by atoms with Crippen LogP contribution < -0.4 is 5.73 Å². The Hall–Kier alpha value is -0.720. The van der Waals surface area contributed by atoms with Gasteiger partial charge in [-0.1, -0.05) is 12.2 Å². The van der Waals surface area contributed by atoms with Gasteiger partial charge in [0.05, 0.1) is 4.99 Å². The van der Waals surface area contributed by atoms with E-state index in [4.69, 9.17) is 22.7 Å². The molecule has 1 amide bonds. The molecule has 6 heteroatoms. The Labute approximate surface area is 126 Å². The van der Waals surface area contributed by atoms with Gasteiger partial charge in [-0.05, 0) is 38.8 Å². The van der Waals surface area contributed by atoms with E-state index in [1.165, 1.54) is 0 Å². The minimum absolute atomic E-state index is 0.0721. The molecule has 0 radical (unpaired) electrons. The first-order valence-corrected chi connectivity index (χ1v) is 7.68. The molecule has 114 valence electrons. The van der Waals surface area contributed by atoms with Crippen molar-refractivity contribution in [2.45, 2.75) is 19.3 Å². The fourth-order valence-electron chi connectivity index (χ4n) is 3.30. The van der Waals surface area contributed by atoms with Crippen molar-refractivity contribution in [2.75, 3.05) is 46.9 Å². The molecule has 0 aromatic rings. The summed E-state index contributed by atoms with van der Waals surface area (Å²) in [5.74, 6) is 0.625. The Kier molecular flexibility index (Phi) is 4.99. The molecular weight excluding hydrogens is 274 g/mol. The second-order valence-electron chi connectivity index (χ2n) is 6.16. The smallest absolute Gasteiger partial charge is 0.235 e. The van der Waals surface area contributed by atoms with Crippen LogP contribution in [0.2, 0.25) is 0 Å². The van der Waals surface area contributed by atoms with Gasteiger partial charge in [0, 0.05) is 33.4 Å². The first kappa shape index (κ1) is 15.7. The molecule has 20 heavy (non-hydrogen) atoms. The van der Waals surface area contributed by atoms with Crippen LogP contribution >= 0.6 is 12.2 Å². The molecule has 2 aliphatic rings. The molecule has 2 heterocycles. The summed E-state index contributed by atoms with van der Waals surface area (Å²) >= 11 is 5.19. The normalized spacial score (nSPS) is 26.4. The number of carbonyl (C=O) groups excluding carboxylic acids is 1. The predicted molar refractivity (Wildman–Crippen MR) is 82.5 cm³/mol. The van der Waals surface area contributed by atoms with Crippen LogP contribution in [-0.4, -0.2) is 67.6 Å².